The van der Waals surface area contributed by atoms with Crippen LogP contribution in [0.2, 0.25) is 0 Å². The maximum atomic E-state index is 5.81. The van der Waals surface area contributed by atoms with Crippen molar-refractivity contribution < 1.29 is 8.83 Å². The van der Waals surface area contributed by atoms with Crippen LogP contribution in [0.4, 0.5) is 0 Å². The fourth-order valence-corrected chi connectivity index (χ4v) is 3.56. The van der Waals surface area contributed by atoms with Crippen molar-refractivity contribution in [3.8, 4) is 11.5 Å². The van der Waals surface area contributed by atoms with Crippen LogP contribution in [0, 0.1) is 0 Å². The van der Waals surface area contributed by atoms with Crippen LogP contribution >= 0.6 is 11.8 Å². The summed E-state index contributed by atoms with van der Waals surface area (Å²) in [6.45, 7) is 4.13. The zero-order chi connectivity index (χ0) is 19.3. The molecule has 0 aliphatic heterocycles. The molecule has 0 N–H and O–H groups in total. The van der Waals surface area contributed by atoms with Crippen LogP contribution in [-0.2, 0) is 6.42 Å². The molecule has 2 aromatic heterocycles. The Morgan fingerprint density at radius 1 is 0.821 bits per heavy atom. The van der Waals surface area contributed by atoms with Crippen LogP contribution in [0.3, 0.4) is 0 Å². The molecule has 0 aliphatic carbocycles. The van der Waals surface area contributed by atoms with Gasteiger partial charge in [0.25, 0.3) is 5.22 Å². The van der Waals surface area contributed by atoms with E-state index in [9.17, 15) is 0 Å². The van der Waals surface area contributed by atoms with Gasteiger partial charge in [-0.3, -0.25) is 0 Å². The van der Waals surface area contributed by atoms with Crippen molar-refractivity contribution in [2.45, 2.75) is 36.7 Å². The molecule has 0 bridgehead atoms. The second-order valence-electron chi connectivity index (χ2n) is 6.55. The van der Waals surface area contributed by atoms with Crippen LogP contribution in [0.5, 0.6) is 0 Å². The van der Waals surface area contributed by atoms with Gasteiger partial charge in [-0.25, -0.2) is 0 Å². The molecule has 2 unspecified atom stereocenters. The molecule has 0 saturated heterocycles. The highest BCUT2D eigenvalue weighted by atomic mass is 32.2. The lowest BCUT2D eigenvalue weighted by Crippen LogP contribution is -1.98. The average Bonchev–Trinajstić information content (AvgIpc) is 3.39. The number of thioether (sulfide) groups is 1. The van der Waals surface area contributed by atoms with E-state index in [4.69, 9.17) is 8.83 Å². The van der Waals surface area contributed by atoms with Gasteiger partial charge in [0.2, 0.25) is 17.7 Å². The number of hydrogen-bond acceptors (Lipinski definition) is 7. The van der Waals surface area contributed by atoms with Gasteiger partial charge < -0.3 is 8.83 Å². The Balaban J connectivity index is 1.39. The van der Waals surface area contributed by atoms with Crippen molar-refractivity contribution in [1.29, 1.82) is 0 Å². The smallest absolute Gasteiger partial charge is 0.277 e. The minimum Gasteiger partial charge on any atom is -0.419 e. The minimum absolute atomic E-state index is 0.0928. The quantitative estimate of drug-likeness (QED) is 0.394. The molecule has 4 rings (SSSR count). The van der Waals surface area contributed by atoms with Crippen molar-refractivity contribution in [3.05, 3.63) is 78.0 Å². The molecule has 142 valence electrons. The highest BCUT2D eigenvalue weighted by molar-refractivity contribution is 7.99. The molecule has 6 nitrogen and oxygen atoms in total. The van der Waals surface area contributed by atoms with E-state index in [1.165, 1.54) is 17.3 Å². The molecule has 28 heavy (non-hydrogen) atoms. The average molecular weight is 392 g/mol. The van der Waals surface area contributed by atoms with Gasteiger partial charge in [-0.05, 0) is 30.5 Å². The van der Waals surface area contributed by atoms with Gasteiger partial charge in [-0.15, -0.1) is 20.4 Å². The van der Waals surface area contributed by atoms with E-state index in [-0.39, 0.29) is 5.25 Å². The zero-order valence-electron chi connectivity index (χ0n) is 15.6. The molecule has 2 aromatic carbocycles. The Morgan fingerprint density at radius 3 is 2.29 bits per heavy atom. The predicted octanol–water partition coefficient (Wildman–Crippen LogP) is 5.32. The van der Waals surface area contributed by atoms with Crippen molar-refractivity contribution in [2.24, 2.45) is 0 Å². The topological polar surface area (TPSA) is 77.8 Å². The normalized spacial score (nSPS) is 13.4. The van der Waals surface area contributed by atoms with E-state index < -0.39 is 0 Å². The lowest BCUT2D eigenvalue weighted by atomic mass is 9.98. The summed E-state index contributed by atoms with van der Waals surface area (Å²) in [6, 6.07) is 20.0. The van der Waals surface area contributed by atoms with E-state index in [1.54, 1.807) is 0 Å². The fourth-order valence-electron chi connectivity index (χ4n) is 2.83. The van der Waals surface area contributed by atoms with Crippen molar-refractivity contribution in [1.82, 2.24) is 20.4 Å². The first-order valence-electron chi connectivity index (χ1n) is 9.12. The molecule has 0 radical (unpaired) electrons. The summed E-state index contributed by atoms with van der Waals surface area (Å²) in [5, 5.41) is 17.0. The summed E-state index contributed by atoms with van der Waals surface area (Å²) >= 11 is 1.41. The molecule has 4 aromatic rings. The van der Waals surface area contributed by atoms with E-state index in [1.807, 2.05) is 55.5 Å². The largest absolute Gasteiger partial charge is 0.419 e. The van der Waals surface area contributed by atoms with E-state index in [2.05, 4.69) is 39.5 Å². The van der Waals surface area contributed by atoms with E-state index in [0.717, 1.165) is 5.56 Å². The Labute approximate surface area is 167 Å². The third-order valence-corrected chi connectivity index (χ3v) is 5.31. The molecule has 0 fully saturated rings. The second-order valence-corrected chi connectivity index (χ2v) is 7.84. The maximum Gasteiger partial charge on any atom is 0.277 e. The molecule has 0 saturated carbocycles. The molecule has 0 spiro atoms. The van der Waals surface area contributed by atoms with Gasteiger partial charge in [0.15, 0.2) is 0 Å². The Bertz CT molecular complexity index is 1020. The first kappa shape index (κ1) is 18.4. The Morgan fingerprint density at radius 2 is 1.54 bits per heavy atom. The molecule has 2 atom stereocenters. The molecule has 0 amide bonds. The van der Waals surface area contributed by atoms with Crippen molar-refractivity contribution in [3.63, 3.8) is 0 Å². The number of aromatic nitrogens is 4. The highest BCUT2D eigenvalue weighted by Crippen LogP contribution is 2.34. The first-order valence-corrected chi connectivity index (χ1v) is 10.00. The van der Waals surface area contributed by atoms with Crippen LogP contribution in [0.25, 0.3) is 11.5 Å². The van der Waals surface area contributed by atoms with Gasteiger partial charge in [0.1, 0.15) is 0 Å². The second kappa shape index (κ2) is 8.39. The molecule has 7 heteroatoms. The minimum atomic E-state index is -0.0928. The first-order chi connectivity index (χ1) is 13.7. The summed E-state index contributed by atoms with van der Waals surface area (Å²) in [6.07, 6.45) is 0.699. The third kappa shape index (κ3) is 4.31. The summed E-state index contributed by atoms with van der Waals surface area (Å²) < 4.78 is 11.6. The SMILES string of the molecule is CC(Cc1nnc(SC(C)c2nnc(-c3ccccc3)o2)o1)c1ccccc1. The number of benzene rings is 2. The Kier molecular flexibility index (Phi) is 5.53. The maximum absolute atomic E-state index is 5.81. The third-order valence-electron chi connectivity index (χ3n) is 4.38. The Hall–Kier alpha value is -2.93. The van der Waals surface area contributed by atoms with Gasteiger partial charge in [0, 0.05) is 12.0 Å². The lowest BCUT2D eigenvalue weighted by molar-refractivity contribution is 0.403. The summed E-state index contributed by atoms with van der Waals surface area (Å²) in [4.78, 5) is 0. The van der Waals surface area contributed by atoms with Gasteiger partial charge in [-0.2, -0.15) is 0 Å². The molecular formula is C21H20N4O2S. The van der Waals surface area contributed by atoms with E-state index in [0.29, 0.717) is 35.2 Å². The van der Waals surface area contributed by atoms with Crippen molar-refractivity contribution >= 4 is 11.8 Å². The van der Waals surface area contributed by atoms with E-state index >= 15 is 0 Å². The van der Waals surface area contributed by atoms with Gasteiger partial charge in [-0.1, -0.05) is 67.2 Å². The summed E-state index contributed by atoms with van der Waals surface area (Å²) in [5.74, 6) is 1.97. The molecule has 0 aliphatic rings. The molecule has 2 heterocycles. The lowest BCUT2D eigenvalue weighted by Gasteiger charge is -2.08. The summed E-state index contributed by atoms with van der Waals surface area (Å²) in [5.41, 5.74) is 2.15. The van der Waals surface area contributed by atoms with Crippen LogP contribution in [0.1, 0.15) is 42.4 Å². The summed E-state index contributed by atoms with van der Waals surface area (Å²) in [7, 11) is 0. The van der Waals surface area contributed by atoms with Crippen LogP contribution in [-0.4, -0.2) is 20.4 Å². The monoisotopic (exact) mass is 392 g/mol. The number of nitrogens with zero attached hydrogens (tertiary/aromatic N) is 4. The number of hydrogen-bond donors (Lipinski definition) is 0. The van der Waals surface area contributed by atoms with Crippen LogP contribution in [0.15, 0.2) is 74.7 Å². The standard InChI is InChI=1S/C21H20N4O2S/c1-14(16-9-5-3-6-10-16)13-18-22-25-21(26-18)28-15(2)19-23-24-20(27-19)17-11-7-4-8-12-17/h3-12,14-15H,13H2,1-2H3. The van der Waals surface area contributed by atoms with Gasteiger partial charge in [0.05, 0.1) is 5.25 Å². The predicted molar refractivity (Wildman–Crippen MR) is 107 cm³/mol. The fraction of sp³-hybridized carbons (Fsp3) is 0.238. The van der Waals surface area contributed by atoms with Crippen LogP contribution < -0.4 is 0 Å². The highest BCUT2D eigenvalue weighted by Gasteiger charge is 2.20. The molecular weight excluding hydrogens is 372 g/mol. The van der Waals surface area contributed by atoms with Gasteiger partial charge >= 0.3 is 0 Å². The van der Waals surface area contributed by atoms with Crippen molar-refractivity contribution in [2.75, 3.05) is 0 Å². The number of rotatable bonds is 7. The zero-order valence-corrected chi connectivity index (χ0v) is 16.5.